The molecule has 6 nitrogen and oxygen atoms in total. The number of hydrogen-bond donors (Lipinski definition) is 1. The number of nitrogens with zero attached hydrogens (tertiary/aromatic N) is 2. The number of fused-ring (bicyclic) bond motifs is 1. The Balaban J connectivity index is 2.07. The van der Waals surface area contributed by atoms with Gasteiger partial charge in [0.25, 0.3) is 5.91 Å². The normalized spacial score (nSPS) is 17.1. The van der Waals surface area contributed by atoms with Gasteiger partial charge in [0.1, 0.15) is 6.04 Å². The molecule has 0 saturated heterocycles. The number of aryl methyl sites for hydroxylation is 1. The van der Waals surface area contributed by atoms with Crippen molar-refractivity contribution in [2.75, 3.05) is 4.90 Å². The highest BCUT2D eigenvalue weighted by molar-refractivity contribution is 6.10. The van der Waals surface area contributed by atoms with E-state index in [9.17, 15) is 14.7 Å². The highest BCUT2D eigenvalue weighted by atomic mass is 16.5. The molecule has 0 spiro atoms. The molecule has 1 atom stereocenters. The van der Waals surface area contributed by atoms with Gasteiger partial charge in [-0.3, -0.25) is 9.69 Å². The Morgan fingerprint density at radius 1 is 1.40 bits per heavy atom. The van der Waals surface area contributed by atoms with Gasteiger partial charge in [0, 0.05) is 17.7 Å². The number of para-hydroxylation sites is 1. The summed E-state index contributed by atoms with van der Waals surface area (Å²) in [7, 11) is 0. The minimum atomic E-state index is -1.04. The van der Waals surface area contributed by atoms with Crippen LogP contribution in [-0.4, -0.2) is 28.2 Å². The van der Waals surface area contributed by atoms with Gasteiger partial charge in [0.15, 0.2) is 0 Å². The summed E-state index contributed by atoms with van der Waals surface area (Å²) in [4.78, 5) is 25.2. The standard InChI is InChI=1S/C14H12N2O4/c1-8-7-15-20-12(8)13(17)16-10-5-3-2-4-9(10)6-11(16)14(18)19/h2-5,7,11H,6H2,1H3,(H,18,19)/t11-/m0/s1. The summed E-state index contributed by atoms with van der Waals surface area (Å²) in [6.45, 7) is 1.70. The molecule has 0 bridgehead atoms. The maximum atomic E-state index is 12.5. The predicted molar refractivity (Wildman–Crippen MR) is 69.6 cm³/mol. The topological polar surface area (TPSA) is 83.6 Å². The lowest BCUT2D eigenvalue weighted by Gasteiger charge is -2.21. The Kier molecular flexibility index (Phi) is 2.78. The van der Waals surface area contributed by atoms with Gasteiger partial charge >= 0.3 is 5.97 Å². The molecule has 20 heavy (non-hydrogen) atoms. The van der Waals surface area contributed by atoms with Crippen LogP contribution in [0.4, 0.5) is 5.69 Å². The molecule has 1 aliphatic rings. The zero-order valence-electron chi connectivity index (χ0n) is 10.7. The molecule has 3 rings (SSSR count). The van der Waals surface area contributed by atoms with Crippen molar-refractivity contribution in [2.24, 2.45) is 0 Å². The number of rotatable bonds is 2. The molecule has 1 aromatic carbocycles. The Bertz CT molecular complexity index is 692. The highest BCUT2D eigenvalue weighted by Gasteiger charge is 2.40. The van der Waals surface area contributed by atoms with Crippen LogP contribution in [0, 0.1) is 6.92 Å². The van der Waals surface area contributed by atoms with Gasteiger partial charge in [0.2, 0.25) is 5.76 Å². The molecule has 0 unspecified atom stereocenters. The quantitative estimate of drug-likeness (QED) is 0.898. The van der Waals surface area contributed by atoms with Crippen LogP contribution in [0.1, 0.15) is 21.7 Å². The first-order valence-corrected chi connectivity index (χ1v) is 6.15. The molecule has 1 N–H and O–H groups in total. The Morgan fingerprint density at radius 2 is 2.15 bits per heavy atom. The molecule has 1 aliphatic heterocycles. The van der Waals surface area contributed by atoms with E-state index in [2.05, 4.69) is 5.16 Å². The third-order valence-corrected chi connectivity index (χ3v) is 3.42. The molecule has 0 saturated carbocycles. The van der Waals surface area contributed by atoms with Gasteiger partial charge in [-0.25, -0.2) is 4.79 Å². The van der Waals surface area contributed by atoms with Gasteiger partial charge in [-0.15, -0.1) is 0 Å². The van der Waals surface area contributed by atoms with E-state index < -0.39 is 17.9 Å². The number of aromatic nitrogens is 1. The molecule has 0 radical (unpaired) electrons. The highest BCUT2D eigenvalue weighted by Crippen LogP contribution is 2.33. The van der Waals surface area contributed by atoms with E-state index in [-0.39, 0.29) is 5.76 Å². The van der Waals surface area contributed by atoms with Gasteiger partial charge in [0.05, 0.1) is 6.20 Å². The summed E-state index contributed by atoms with van der Waals surface area (Å²) >= 11 is 0. The average molecular weight is 272 g/mol. The SMILES string of the molecule is Cc1cnoc1C(=O)N1c2ccccc2C[C@H]1C(=O)O. The average Bonchev–Trinajstić information content (AvgIpc) is 3.01. The maximum absolute atomic E-state index is 12.5. The first kappa shape index (κ1) is 12.4. The first-order valence-electron chi connectivity index (χ1n) is 6.15. The van der Waals surface area contributed by atoms with E-state index in [1.165, 1.54) is 11.1 Å². The number of aliphatic carboxylic acids is 1. The van der Waals surface area contributed by atoms with Crippen molar-refractivity contribution in [3.63, 3.8) is 0 Å². The van der Waals surface area contributed by atoms with Crippen molar-refractivity contribution in [1.82, 2.24) is 5.16 Å². The second-order valence-corrected chi connectivity index (χ2v) is 4.70. The van der Waals surface area contributed by atoms with E-state index in [0.717, 1.165) is 5.56 Å². The summed E-state index contributed by atoms with van der Waals surface area (Å²) in [6, 6.07) is 6.25. The third-order valence-electron chi connectivity index (χ3n) is 3.42. The maximum Gasteiger partial charge on any atom is 0.327 e. The number of anilines is 1. The van der Waals surface area contributed by atoms with Crippen molar-refractivity contribution in [2.45, 2.75) is 19.4 Å². The van der Waals surface area contributed by atoms with E-state index >= 15 is 0 Å². The molecule has 2 heterocycles. The van der Waals surface area contributed by atoms with Crippen LogP contribution in [0.2, 0.25) is 0 Å². The van der Waals surface area contributed by atoms with Gasteiger partial charge < -0.3 is 9.63 Å². The fourth-order valence-corrected chi connectivity index (χ4v) is 2.44. The second-order valence-electron chi connectivity index (χ2n) is 4.70. The van der Waals surface area contributed by atoms with E-state index in [0.29, 0.717) is 17.7 Å². The number of amides is 1. The van der Waals surface area contributed by atoms with Crippen LogP contribution < -0.4 is 4.90 Å². The zero-order valence-corrected chi connectivity index (χ0v) is 10.7. The molecule has 102 valence electrons. The van der Waals surface area contributed by atoms with Crippen LogP contribution in [0.15, 0.2) is 35.0 Å². The number of carboxylic acids is 1. The van der Waals surface area contributed by atoms with Crippen LogP contribution >= 0.6 is 0 Å². The van der Waals surface area contributed by atoms with Crippen LogP contribution in [0.3, 0.4) is 0 Å². The van der Waals surface area contributed by atoms with Crippen molar-refractivity contribution in [1.29, 1.82) is 0 Å². The third kappa shape index (κ3) is 1.77. The zero-order chi connectivity index (χ0) is 14.3. The molecule has 1 amide bonds. The lowest BCUT2D eigenvalue weighted by molar-refractivity contribution is -0.138. The summed E-state index contributed by atoms with van der Waals surface area (Å²) in [5.74, 6) is -1.43. The largest absolute Gasteiger partial charge is 0.480 e. The fourth-order valence-electron chi connectivity index (χ4n) is 2.44. The van der Waals surface area contributed by atoms with Gasteiger partial charge in [-0.1, -0.05) is 23.4 Å². The molecular formula is C14H12N2O4. The fraction of sp³-hybridized carbons (Fsp3) is 0.214. The number of carbonyl (C=O) groups is 2. The predicted octanol–water partition coefficient (Wildman–Crippen LogP) is 1.64. The minimum Gasteiger partial charge on any atom is -0.480 e. The molecule has 2 aromatic rings. The van der Waals surface area contributed by atoms with Crippen LogP contribution in [0.5, 0.6) is 0 Å². The number of carboxylic acid groups (broad SMARTS) is 1. The van der Waals surface area contributed by atoms with Crippen molar-refractivity contribution < 1.29 is 19.2 Å². The van der Waals surface area contributed by atoms with Gasteiger partial charge in [-0.05, 0) is 18.6 Å². The summed E-state index contributed by atoms with van der Waals surface area (Å²) < 4.78 is 4.95. The lowest BCUT2D eigenvalue weighted by atomic mass is 10.1. The van der Waals surface area contributed by atoms with Crippen molar-refractivity contribution in [3.05, 3.63) is 47.3 Å². The Labute approximate surface area is 114 Å². The Morgan fingerprint density at radius 3 is 2.80 bits per heavy atom. The first-order chi connectivity index (χ1) is 9.59. The number of carbonyl (C=O) groups excluding carboxylic acids is 1. The molecular weight excluding hydrogens is 260 g/mol. The van der Waals surface area contributed by atoms with E-state index in [4.69, 9.17) is 4.52 Å². The van der Waals surface area contributed by atoms with Crippen LogP contribution in [-0.2, 0) is 11.2 Å². The molecule has 0 fully saturated rings. The van der Waals surface area contributed by atoms with E-state index in [1.54, 1.807) is 19.1 Å². The summed E-state index contributed by atoms with van der Waals surface area (Å²) in [5.41, 5.74) is 2.04. The van der Waals surface area contributed by atoms with Crippen LogP contribution in [0.25, 0.3) is 0 Å². The number of benzene rings is 1. The van der Waals surface area contributed by atoms with Crippen molar-refractivity contribution >= 4 is 17.6 Å². The molecule has 0 aliphatic carbocycles. The Hall–Kier alpha value is -2.63. The summed E-state index contributed by atoms with van der Waals surface area (Å²) in [5, 5.41) is 12.9. The monoisotopic (exact) mass is 272 g/mol. The summed E-state index contributed by atoms with van der Waals surface area (Å²) in [6.07, 6.45) is 1.73. The molecule has 6 heteroatoms. The van der Waals surface area contributed by atoms with Crippen molar-refractivity contribution in [3.8, 4) is 0 Å². The lowest BCUT2D eigenvalue weighted by Crippen LogP contribution is -2.43. The number of hydrogen-bond acceptors (Lipinski definition) is 4. The van der Waals surface area contributed by atoms with Gasteiger partial charge in [-0.2, -0.15) is 0 Å². The van der Waals surface area contributed by atoms with E-state index in [1.807, 2.05) is 12.1 Å². The smallest absolute Gasteiger partial charge is 0.327 e. The minimum absolute atomic E-state index is 0.0768. The second kappa shape index (κ2) is 4.48. The molecule has 1 aromatic heterocycles.